The van der Waals surface area contributed by atoms with Crippen LogP contribution in [-0.4, -0.2) is 38.6 Å². The highest BCUT2D eigenvalue weighted by atomic mass is 32.2. The zero-order chi connectivity index (χ0) is 15.3. The van der Waals surface area contributed by atoms with E-state index in [1.807, 2.05) is 0 Å². The summed E-state index contributed by atoms with van der Waals surface area (Å²) in [6.07, 6.45) is 1.07. The molecule has 1 aliphatic heterocycles. The van der Waals surface area contributed by atoms with Crippen molar-refractivity contribution < 1.29 is 18.3 Å². The first-order valence-electron chi connectivity index (χ1n) is 6.50. The summed E-state index contributed by atoms with van der Waals surface area (Å²) < 4.78 is 26.7. The highest BCUT2D eigenvalue weighted by molar-refractivity contribution is 7.89. The number of nitrogens with one attached hydrogen (secondary N) is 2. The van der Waals surface area contributed by atoms with Gasteiger partial charge in [0.05, 0.1) is 4.90 Å². The molecule has 1 amide bonds. The van der Waals surface area contributed by atoms with Crippen molar-refractivity contribution in [3.8, 4) is 11.8 Å². The molecule has 0 spiro atoms. The highest BCUT2D eigenvalue weighted by Gasteiger charge is 2.23. The van der Waals surface area contributed by atoms with E-state index in [9.17, 15) is 13.2 Å². The Balaban J connectivity index is 2.00. The quantitative estimate of drug-likeness (QED) is 0.659. The molecule has 1 aromatic rings. The van der Waals surface area contributed by atoms with Crippen molar-refractivity contribution in [2.24, 2.45) is 0 Å². The molecule has 0 radical (unpaired) electrons. The van der Waals surface area contributed by atoms with Gasteiger partial charge in [0.1, 0.15) is 6.61 Å². The van der Waals surface area contributed by atoms with E-state index < -0.39 is 10.0 Å². The fraction of sp³-hybridized carbons (Fsp3) is 0.357. The number of hydrogen-bond donors (Lipinski definition) is 3. The fourth-order valence-corrected chi connectivity index (χ4v) is 3.06. The summed E-state index contributed by atoms with van der Waals surface area (Å²) >= 11 is 0. The lowest BCUT2D eigenvalue weighted by atomic mass is 10.2. The Kier molecular flexibility index (Phi) is 4.96. The monoisotopic (exact) mass is 308 g/mol. The normalized spacial score (nSPS) is 18.0. The van der Waals surface area contributed by atoms with Gasteiger partial charge in [0, 0.05) is 24.6 Å². The molecule has 0 aromatic heterocycles. The van der Waals surface area contributed by atoms with Crippen LogP contribution in [0.3, 0.4) is 0 Å². The van der Waals surface area contributed by atoms with Crippen molar-refractivity contribution in [3.63, 3.8) is 0 Å². The Morgan fingerprint density at radius 3 is 2.62 bits per heavy atom. The van der Waals surface area contributed by atoms with Crippen molar-refractivity contribution in [2.45, 2.75) is 23.8 Å². The molecule has 1 fully saturated rings. The molecule has 0 bridgehead atoms. The molecule has 6 nitrogen and oxygen atoms in total. The second-order valence-electron chi connectivity index (χ2n) is 4.64. The minimum absolute atomic E-state index is 0.0500. The van der Waals surface area contributed by atoms with E-state index in [2.05, 4.69) is 21.9 Å². The van der Waals surface area contributed by atoms with Gasteiger partial charge in [-0.15, -0.1) is 0 Å². The largest absolute Gasteiger partial charge is 0.384 e. The summed E-state index contributed by atoms with van der Waals surface area (Å²) in [4.78, 5) is 11.2. The van der Waals surface area contributed by atoms with E-state index in [0.29, 0.717) is 18.4 Å². The molecule has 2 rings (SSSR count). The lowest BCUT2D eigenvalue weighted by Crippen LogP contribution is -2.38. The van der Waals surface area contributed by atoms with E-state index in [4.69, 9.17) is 5.11 Å². The molecule has 112 valence electrons. The molecule has 0 aliphatic carbocycles. The third kappa shape index (κ3) is 4.29. The molecule has 1 aromatic carbocycles. The second-order valence-corrected chi connectivity index (χ2v) is 6.41. The Bertz CT molecular complexity index is 671. The van der Waals surface area contributed by atoms with Gasteiger partial charge in [-0.2, -0.15) is 0 Å². The van der Waals surface area contributed by atoms with Crippen LogP contribution in [0.4, 0.5) is 0 Å². The van der Waals surface area contributed by atoms with Crippen molar-refractivity contribution in [3.05, 3.63) is 29.8 Å². The smallest absolute Gasteiger partial charge is 0.240 e. The maximum Gasteiger partial charge on any atom is 0.240 e. The number of amides is 1. The average Bonchev–Trinajstić information content (AvgIpc) is 2.89. The zero-order valence-electron chi connectivity index (χ0n) is 11.3. The van der Waals surface area contributed by atoms with Gasteiger partial charge in [0.2, 0.25) is 15.9 Å². The second kappa shape index (κ2) is 6.72. The molecular weight excluding hydrogens is 292 g/mol. The minimum atomic E-state index is -3.60. The van der Waals surface area contributed by atoms with Crippen molar-refractivity contribution in [2.75, 3.05) is 13.2 Å². The first-order valence-corrected chi connectivity index (χ1v) is 7.98. The maximum absolute atomic E-state index is 12.1. The summed E-state index contributed by atoms with van der Waals surface area (Å²) in [6.45, 7) is -0.0607. The van der Waals surface area contributed by atoms with Crippen LogP contribution in [0.25, 0.3) is 0 Å². The molecule has 7 heteroatoms. The van der Waals surface area contributed by atoms with Gasteiger partial charge >= 0.3 is 0 Å². The van der Waals surface area contributed by atoms with Gasteiger partial charge in [-0.05, 0) is 30.7 Å². The summed E-state index contributed by atoms with van der Waals surface area (Å²) in [5.41, 5.74) is 0.631. The minimum Gasteiger partial charge on any atom is -0.384 e. The Morgan fingerprint density at radius 2 is 2.05 bits per heavy atom. The third-order valence-corrected chi connectivity index (χ3v) is 4.52. The van der Waals surface area contributed by atoms with E-state index in [1.54, 1.807) is 12.1 Å². The molecule has 1 saturated heterocycles. The Hall–Kier alpha value is -1.88. The van der Waals surface area contributed by atoms with Gasteiger partial charge in [-0.25, -0.2) is 13.1 Å². The molecule has 21 heavy (non-hydrogen) atoms. The highest BCUT2D eigenvalue weighted by Crippen LogP contribution is 2.11. The van der Waals surface area contributed by atoms with Crippen LogP contribution in [0.2, 0.25) is 0 Å². The van der Waals surface area contributed by atoms with Crippen LogP contribution < -0.4 is 10.0 Å². The summed E-state index contributed by atoms with van der Waals surface area (Å²) in [5.74, 6) is 5.13. The summed E-state index contributed by atoms with van der Waals surface area (Å²) in [7, 11) is -3.60. The van der Waals surface area contributed by atoms with Gasteiger partial charge in [-0.1, -0.05) is 11.8 Å². The van der Waals surface area contributed by atoms with Crippen LogP contribution >= 0.6 is 0 Å². The van der Waals surface area contributed by atoms with Crippen molar-refractivity contribution in [1.29, 1.82) is 0 Å². The number of carbonyl (C=O) groups is 1. The first kappa shape index (κ1) is 15.5. The van der Waals surface area contributed by atoms with Gasteiger partial charge in [0.15, 0.2) is 0 Å². The zero-order valence-corrected chi connectivity index (χ0v) is 12.1. The molecular formula is C14H16N2O4S. The number of sulfonamides is 1. The number of aliphatic hydroxyl groups is 1. The number of hydrogen-bond acceptors (Lipinski definition) is 4. The molecule has 1 heterocycles. The Labute approximate surface area is 123 Å². The SMILES string of the molecule is O=C1CCC(CNS(=O)(=O)c2ccc(C#CCO)cc2)N1. The van der Waals surface area contributed by atoms with E-state index in [1.165, 1.54) is 12.1 Å². The van der Waals surface area contributed by atoms with Crippen LogP contribution in [0.1, 0.15) is 18.4 Å². The average molecular weight is 308 g/mol. The lowest BCUT2D eigenvalue weighted by molar-refractivity contribution is -0.119. The van der Waals surface area contributed by atoms with E-state index >= 15 is 0 Å². The summed E-state index contributed by atoms with van der Waals surface area (Å²) in [5, 5.41) is 11.3. The molecule has 1 unspecified atom stereocenters. The number of carbonyl (C=O) groups excluding carboxylic acids is 1. The molecule has 0 saturated carbocycles. The number of aliphatic hydroxyl groups excluding tert-OH is 1. The standard InChI is InChI=1S/C14H16N2O4S/c17-9-1-2-11-3-6-13(7-4-11)21(19,20)15-10-12-5-8-14(18)16-12/h3-4,6-7,12,15,17H,5,8-10H2,(H,16,18). The van der Waals surface area contributed by atoms with Gasteiger partial charge in [0.25, 0.3) is 0 Å². The number of benzene rings is 1. The molecule has 1 atom stereocenters. The lowest BCUT2D eigenvalue weighted by Gasteiger charge is -2.11. The van der Waals surface area contributed by atoms with Crippen LogP contribution in [0, 0.1) is 11.8 Å². The summed E-state index contributed by atoms with van der Waals surface area (Å²) in [6, 6.07) is 5.92. The van der Waals surface area contributed by atoms with Gasteiger partial charge < -0.3 is 10.4 Å². The van der Waals surface area contributed by atoms with Crippen molar-refractivity contribution in [1.82, 2.24) is 10.0 Å². The van der Waals surface area contributed by atoms with Gasteiger partial charge in [-0.3, -0.25) is 4.79 Å². The third-order valence-electron chi connectivity index (χ3n) is 3.08. The van der Waals surface area contributed by atoms with Crippen molar-refractivity contribution >= 4 is 15.9 Å². The molecule has 3 N–H and O–H groups in total. The predicted molar refractivity (Wildman–Crippen MR) is 76.8 cm³/mol. The van der Waals surface area contributed by atoms with Crippen LogP contribution in [0.15, 0.2) is 29.2 Å². The van der Waals surface area contributed by atoms with E-state index in [0.717, 1.165) is 0 Å². The maximum atomic E-state index is 12.1. The Morgan fingerprint density at radius 1 is 1.33 bits per heavy atom. The fourth-order valence-electron chi connectivity index (χ4n) is 1.98. The number of rotatable bonds is 4. The van der Waals surface area contributed by atoms with E-state index in [-0.39, 0.29) is 30.0 Å². The first-order chi connectivity index (χ1) is 10.0. The predicted octanol–water partition coefficient (Wildman–Crippen LogP) is -0.413. The topological polar surface area (TPSA) is 95.5 Å². The van der Waals surface area contributed by atoms with Crippen LogP contribution in [0.5, 0.6) is 0 Å². The van der Waals surface area contributed by atoms with Crippen LogP contribution in [-0.2, 0) is 14.8 Å². The molecule has 1 aliphatic rings.